The highest BCUT2D eigenvalue weighted by molar-refractivity contribution is 6.13. The summed E-state index contributed by atoms with van der Waals surface area (Å²) < 4.78 is 69.2. The van der Waals surface area contributed by atoms with Crippen LogP contribution in [0.2, 0.25) is 0 Å². The summed E-state index contributed by atoms with van der Waals surface area (Å²) in [6.45, 7) is 0. The first-order valence-electron chi connectivity index (χ1n) is 23.6. The van der Waals surface area contributed by atoms with Crippen LogP contribution in [0.1, 0.15) is 9.60 Å². The quantitative estimate of drug-likeness (QED) is 0.159. The molecule has 0 saturated carbocycles. The van der Waals surface area contributed by atoms with Crippen LogP contribution < -0.4 is 0 Å². The van der Waals surface area contributed by atoms with Crippen LogP contribution in [-0.2, 0) is 0 Å². The summed E-state index contributed by atoms with van der Waals surface area (Å²) in [5.74, 6) is 0. The average Bonchev–Trinajstić information content (AvgIpc) is 3.91. The molecule has 2 nitrogen and oxygen atoms in total. The van der Waals surface area contributed by atoms with E-state index in [4.69, 9.17) is 2.74 Å². The van der Waals surface area contributed by atoms with Crippen LogP contribution >= 0.6 is 0 Å². The molecule has 2 aromatic heterocycles. The van der Waals surface area contributed by atoms with E-state index in [-0.39, 0.29) is 57.6 Å². The topological polar surface area (TPSA) is 9.86 Å². The number of para-hydroxylation sites is 1. The van der Waals surface area contributed by atoms with Gasteiger partial charge in [-0.15, -0.1) is 0 Å². The van der Waals surface area contributed by atoms with Crippen LogP contribution in [-0.4, -0.2) is 9.13 Å². The van der Waals surface area contributed by atoms with Gasteiger partial charge in [-0.25, -0.2) is 0 Å². The molecule has 0 bridgehead atoms. The first-order valence-corrected chi connectivity index (χ1v) is 20.1. The van der Waals surface area contributed by atoms with Gasteiger partial charge < -0.3 is 9.13 Å². The molecule has 0 atom stereocenters. The molecule has 2 heteroatoms. The Balaban J connectivity index is 1.10. The van der Waals surface area contributed by atoms with Crippen LogP contribution in [0.25, 0.3) is 110 Å². The summed E-state index contributed by atoms with van der Waals surface area (Å²) in [5.41, 5.74) is 10.8. The van der Waals surface area contributed by atoms with Crippen molar-refractivity contribution in [3.05, 3.63) is 230 Å². The normalized spacial score (nSPS) is 13.3. The fourth-order valence-corrected chi connectivity index (χ4v) is 8.91. The first kappa shape index (κ1) is 27.7. The summed E-state index contributed by atoms with van der Waals surface area (Å²) in [6.07, 6.45) is 0. The van der Waals surface area contributed by atoms with Crippen molar-refractivity contribution in [1.29, 1.82) is 0 Å². The van der Waals surface area contributed by atoms with E-state index in [2.05, 4.69) is 95.6 Å². The second kappa shape index (κ2) is 13.9. The standard InChI is InChI=1S/C58H38N2/c1-3-13-39(14-4-1)43-19-11-20-48(35-43)60-57-32-27-44(40-15-5-2-6-16-40)36-53(57)54-38-46(29-34-58(54)60)45-28-33-56-52(37-45)51-22-9-10-24-55(51)59(56)47-30-25-42(26-31-47)50-23-12-18-41-17-7-8-21-49(41)50/h1-38H/i9D,10D,22D,24D,28D,33D,37D. The van der Waals surface area contributed by atoms with E-state index in [0.29, 0.717) is 11.3 Å². The smallest absolute Gasteiger partial charge is 0.0645 e. The van der Waals surface area contributed by atoms with Crippen molar-refractivity contribution in [3.63, 3.8) is 0 Å². The monoisotopic (exact) mass is 769 g/mol. The average molecular weight is 770 g/mol. The van der Waals surface area contributed by atoms with Gasteiger partial charge in [-0.1, -0.05) is 164 Å². The molecule has 0 spiro atoms. The fraction of sp³-hybridized carbons (Fsp3) is 0. The third-order valence-corrected chi connectivity index (χ3v) is 11.8. The SMILES string of the molecule is [2H]c1c([2H])c([2H])c2c(c1[2H])c1c([2H])c(-c3ccc4c(c3)c3cc(-c5ccccc5)ccc3n4-c3cccc(-c4ccccc4)c3)c([2H])c([2H])c1n2-c1ccc(-c2cccc3ccccc23)cc1. The van der Waals surface area contributed by atoms with E-state index in [1.54, 1.807) is 4.57 Å². The van der Waals surface area contributed by atoms with E-state index in [9.17, 15) is 6.85 Å². The molecule has 0 fully saturated rings. The lowest BCUT2D eigenvalue weighted by Gasteiger charge is -2.11. The third kappa shape index (κ3) is 5.57. The number of nitrogens with zero attached hydrogens (tertiary/aromatic N) is 2. The maximum Gasteiger partial charge on any atom is 0.0645 e. The molecule has 12 aromatic rings. The van der Waals surface area contributed by atoms with Crippen molar-refractivity contribution in [3.8, 4) is 55.9 Å². The molecule has 2 heterocycles. The molecule has 12 rings (SSSR count). The predicted octanol–water partition coefficient (Wildman–Crippen LogP) is 15.7. The minimum Gasteiger partial charge on any atom is -0.309 e. The van der Waals surface area contributed by atoms with E-state index in [1.165, 1.54) is 0 Å². The second-order valence-electron chi connectivity index (χ2n) is 15.2. The Labute approximate surface area is 358 Å². The Kier molecular flexibility index (Phi) is 6.39. The summed E-state index contributed by atoms with van der Waals surface area (Å²) in [4.78, 5) is 0. The Hall–Kier alpha value is -7.94. The van der Waals surface area contributed by atoms with E-state index >= 15 is 0 Å². The van der Waals surface area contributed by atoms with Crippen molar-refractivity contribution < 1.29 is 9.60 Å². The van der Waals surface area contributed by atoms with Gasteiger partial charge >= 0.3 is 0 Å². The lowest BCUT2D eigenvalue weighted by atomic mass is 9.98. The molecule has 10 aromatic carbocycles. The summed E-state index contributed by atoms with van der Waals surface area (Å²) in [6, 6.07) is 61.5. The van der Waals surface area contributed by atoms with Gasteiger partial charge in [0.2, 0.25) is 0 Å². The van der Waals surface area contributed by atoms with Crippen molar-refractivity contribution in [1.82, 2.24) is 9.13 Å². The van der Waals surface area contributed by atoms with Gasteiger partial charge in [0.25, 0.3) is 0 Å². The van der Waals surface area contributed by atoms with Gasteiger partial charge in [-0.05, 0) is 122 Å². The van der Waals surface area contributed by atoms with E-state index < -0.39 is 12.1 Å². The number of hydrogen-bond acceptors (Lipinski definition) is 0. The maximum atomic E-state index is 9.97. The maximum absolute atomic E-state index is 9.97. The molecular formula is C58H38N2. The molecule has 0 saturated heterocycles. The van der Waals surface area contributed by atoms with Crippen molar-refractivity contribution >= 4 is 54.4 Å². The molecule has 0 aliphatic carbocycles. The van der Waals surface area contributed by atoms with Gasteiger partial charge in [0.1, 0.15) is 0 Å². The summed E-state index contributed by atoms with van der Waals surface area (Å²) >= 11 is 0. The molecular weight excluding hydrogens is 725 g/mol. The zero-order chi connectivity index (χ0) is 45.7. The molecule has 0 radical (unpaired) electrons. The van der Waals surface area contributed by atoms with Gasteiger partial charge in [-0.3, -0.25) is 0 Å². The zero-order valence-corrected chi connectivity index (χ0v) is 32.3. The Morgan fingerprint density at radius 3 is 1.62 bits per heavy atom. The third-order valence-electron chi connectivity index (χ3n) is 11.8. The van der Waals surface area contributed by atoms with Crippen molar-refractivity contribution in [2.75, 3.05) is 0 Å². The van der Waals surface area contributed by atoms with Gasteiger partial charge in [0.05, 0.1) is 31.7 Å². The van der Waals surface area contributed by atoms with Crippen molar-refractivity contribution in [2.45, 2.75) is 0 Å². The lowest BCUT2D eigenvalue weighted by Crippen LogP contribution is -1.94. The molecule has 0 aliphatic rings. The predicted molar refractivity (Wildman–Crippen MR) is 254 cm³/mol. The Morgan fingerprint density at radius 1 is 0.300 bits per heavy atom. The first-order chi connectivity index (χ1) is 32.7. The number of aromatic nitrogens is 2. The number of benzene rings is 10. The Morgan fingerprint density at radius 2 is 0.867 bits per heavy atom. The number of rotatable bonds is 6. The van der Waals surface area contributed by atoms with Crippen LogP contribution in [0.4, 0.5) is 0 Å². The molecule has 60 heavy (non-hydrogen) atoms. The van der Waals surface area contributed by atoms with Crippen LogP contribution in [0, 0.1) is 0 Å². The van der Waals surface area contributed by atoms with Crippen LogP contribution in [0.15, 0.2) is 230 Å². The summed E-state index contributed by atoms with van der Waals surface area (Å²) in [7, 11) is 0. The second-order valence-corrected chi connectivity index (χ2v) is 15.2. The van der Waals surface area contributed by atoms with Crippen LogP contribution in [0.3, 0.4) is 0 Å². The van der Waals surface area contributed by atoms with Gasteiger partial charge in [0, 0.05) is 32.9 Å². The van der Waals surface area contributed by atoms with Gasteiger partial charge in [0.15, 0.2) is 0 Å². The van der Waals surface area contributed by atoms with E-state index in [1.807, 2.05) is 97.1 Å². The molecule has 0 unspecified atom stereocenters. The zero-order valence-electron chi connectivity index (χ0n) is 39.3. The van der Waals surface area contributed by atoms with Gasteiger partial charge in [-0.2, -0.15) is 0 Å². The van der Waals surface area contributed by atoms with Crippen molar-refractivity contribution in [2.24, 2.45) is 0 Å². The Bertz CT molecular complexity index is 3980. The lowest BCUT2D eigenvalue weighted by molar-refractivity contribution is 1.18. The minimum absolute atomic E-state index is 0.0826. The minimum atomic E-state index is -0.426. The number of hydrogen-bond donors (Lipinski definition) is 0. The molecule has 280 valence electrons. The number of fused-ring (bicyclic) bond motifs is 7. The molecule has 0 N–H and O–H groups in total. The molecule has 0 amide bonds. The summed E-state index contributed by atoms with van der Waals surface area (Å²) in [5, 5.41) is 4.42. The molecule has 0 aliphatic heterocycles. The highest BCUT2D eigenvalue weighted by Gasteiger charge is 2.18. The fourth-order valence-electron chi connectivity index (χ4n) is 8.91. The highest BCUT2D eigenvalue weighted by Crippen LogP contribution is 2.40. The van der Waals surface area contributed by atoms with Crippen LogP contribution in [0.5, 0.6) is 0 Å². The largest absolute Gasteiger partial charge is 0.309 e. The van der Waals surface area contributed by atoms with E-state index in [0.717, 1.165) is 71.6 Å². The highest BCUT2D eigenvalue weighted by atomic mass is 15.0.